The number of hydrogen-bond acceptors (Lipinski definition) is 3. The van der Waals surface area contributed by atoms with Gasteiger partial charge in [-0.15, -0.1) is 0 Å². The summed E-state index contributed by atoms with van der Waals surface area (Å²) in [7, 11) is 1.63. The van der Waals surface area contributed by atoms with Crippen LogP contribution in [0.5, 0.6) is 0 Å². The van der Waals surface area contributed by atoms with E-state index in [0.717, 1.165) is 22.9 Å². The van der Waals surface area contributed by atoms with Crippen molar-refractivity contribution in [1.29, 1.82) is 0 Å². The van der Waals surface area contributed by atoms with E-state index in [9.17, 15) is 4.79 Å². The molecule has 0 saturated carbocycles. The van der Waals surface area contributed by atoms with Crippen molar-refractivity contribution in [1.82, 2.24) is 10.3 Å². The van der Waals surface area contributed by atoms with E-state index >= 15 is 0 Å². The fourth-order valence-electron chi connectivity index (χ4n) is 2.40. The number of amides is 1. The Morgan fingerprint density at radius 2 is 2.19 bits per heavy atom. The van der Waals surface area contributed by atoms with Crippen molar-refractivity contribution in [3.05, 3.63) is 36.0 Å². The molecule has 5 heteroatoms. The molecule has 21 heavy (non-hydrogen) atoms. The summed E-state index contributed by atoms with van der Waals surface area (Å²) in [5.41, 5.74) is 8.16. The molecule has 0 radical (unpaired) electrons. The van der Waals surface area contributed by atoms with E-state index in [4.69, 9.17) is 10.5 Å². The Morgan fingerprint density at radius 1 is 1.43 bits per heavy atom. The van der Waals surface area contributed by atoms with E-state index in [1.54, 1.807) is 7.11 Å². The molecule has 0 aliphatic heterocycles. The Kier molecular flexibility index (Phi) is 5.36. The largest absolute Gasteiger partial charge is 0.383 e. The fraction of sp³-hybridized carbons (Fsp3) is 0.438. The van der Waals surface area contributed by atoms with Crippen molar-refractivity contribution in [2.75, 3.05) is 13.7 Å². The maximum atomic E-state index is 12.1. The molecule has 4 N–H and O–H groups in total. The third kappa shape index (κ3) is 3.83. The minimum atomic E-state index is -0.560. The number of hydrogen-bond donors (Lipinski definition) is 3. The Hall–Kier alpha value is -1.85. The van der Waals surface area contributed by atoms with Gasteiger partial charge >= 0.3 is 0 Å². The molecule has 1 aromatic heterocycles. The second-order valence-electron chi connectivity index (χ2n) is 5.24. The van der Waals surface area contributed by atoms with Gasteiger partial charge in [0.2, 0.25) is 5.91 Å². The molecule has 0 saturated heterocycles. The third-order valence-corrected chi connectivity index (χ3v) is 3.66. The van der Waals surface area contributed by atoms with Crippen LogP contribution in [0.2, 0.25) is 0 Å². The first kappa shape index (κ1) is 15.5. The number of benzene rings is 1. The van der Waals surface area contributed by atoms with Crippen molar-refractivity contribution in [2.24, 2.45) is 5.73 Å². The number of para-hydroxylation sites is 1. The van der Waals surface area contributed by atoms with Crippen molar-refractivity contribution in [3.8, 4) is 0 Å². The molecule has 5 nitrogen and oxygen atoms in total. The summed E-state index contributed by atoms with van der Waals surface area (Å²) in [5, 5.41) is 4.04. The second-order valence-corrected chi connectivity index (χ2v) is 5.24. The molecule has 2 aromatic rings. The highest BCUT2D eigenvalue weighted by molar-refractivity contribution is 5.86. The number of nitrogens with one attached hydrogen (secondary N) is 2. The van der Waals surface area contributed by atoms with E-state index in [0.29, 0.717) is 13.0 Å². The average Bonchev–Trinajstić information content (AvgIpc) is 2.90. The monoisotopic (exact) mass is 289 g/mol. The molecule has 0 spiro atoms. The first-order valence-corrected chi connectivity index (χ1v) is 7.25. The lowest BCUT2D eigenvalue weighted by molar-refractivity contribution is -0.123. The Bertz CT molecular complexity index is 594. The van der Waals surface area contributed by atoms with Crippen LogP contribution in [0.15, 0.2) is 30.5 Å². The summed E-state index contributed by atoms with van der Waals surface area (Å²) in [6.07, 6.45) is 3.25. The van der Waals surface area contributed by atoms with Gasteiger partial charge in [0.1, 0.15) is 0 Å². The lowest BCUT2D eigenvalue weighted by Gasteiger charge is -2.19. The van der Waals surface area contributed by atoms with Gasteiger partial charge in [-0.3, -0.25) is 4.79 Å². The Balaban J connectivity index is 2.00. The molecule has 0 fully saturated rings. The summed E-state index contributed by atoms with van der Waals surface area (Å²) >= 11 is 0. The standard InChI is InChI=1S/C16H23N3O2/c1-3-12(10-21-2)19-16(20)14(17)8-11-9-18-15-7-5-4-6-13(11)15/h4-7,9,12,14,18H,3,8,10,17H2,1-2H3,(H,19,20)/t12?,14-/m1/s1. The smallest absolute Gasteiger partial charge is 0.237 e. The van der Waals surface area contributed by atoms with Gasteiger partial charge < -0.3 is 20.8 Å². The van der Waals surface area contributed by atoms with Gasteiger partial charge in [-0.05, 0) is 24.5 Å². The molecule has 0 bridgehead atoms. The van der Waals surface area contributed by atoms with Crippen molar-refractivity contribution < 1.29 is 9.53 Å². The van der Waals surface area contributed by atoms with E-state index < -0.39 is 6.04 Å². The fourth-order valence-corrected chi connectivity index (χ4v) is 2.40. The molecule has 0 aliphatic carbocycles. The van der Waals surface area contributed by atoms with E-state index in [1.165, 1.54) is 0 Å². The van der Waals surface area contributed by atoms with Crippen molar-refractivity contribution in [3.63, 3.8) is 0 Å². The van der Waals surface area contributed by atoms with E-state index in [-0.39, 0.29) is 11.9 Å². The number of carbonyl (C=O) groups is 1. The third-order valence-electron chi connectivity index (χ3n) is 3.66. The zero-order valence-electron chi connectivity index (χ0n) is 12.6. The number of rotatable bonds is 7. The zero-order chi connectivity index (χ0) is 15.2. The predicted octanol–water partition coefficient (Wildman–Crippen LogP) is 1.58. The van der Waals surface area contributed by atoms with Crippen LogP contribution in [-0.2, 0) is 16.0 Å². The summed E-state index contributed by atoms with van der Waals surface area (Å²) in [4.78, 5) is 15.3. The first-order chi connectivity index (χ1) is 10.2. The quantitative estimate of drug-likeness (QED) is 0.724. The number of ether oxygens (including phenoxy) is 1. The molecule has 1 aromatic carbocycles. The lowest BCUT2D eigenvalue weighted by Crippen LogP contribution is -2.47. The van der Waals surface area contributed by atoms with Crippen molar-refractivity contribution in [2.45, 2.75) is 31.8 Å². The number of aromatic nitrogens is 1. The Morgan fingerprint density at radius 3 is 2.90 bits per heavy atom. The van der Waals surface area contributed by atoms with Crippen LogP contribution in [0, 0.1) is 0 Å². The summed E-state index contributed by atoms with van der Waals surface area (Å²) in [5.74, 6) is -0.135. The number of methoxy groups -OCH3 is 1. The van der Waals surface area contributed by atoms with Crippen LogP contribution >= 0.6 is 0 Å². The molecule has 2 atom stereocenters. The number of H-pyrrole nitrogens is 1. The molecule has 1 heterocycles. The number of nitrogens with two attached hydrogens (primary N) is 1. The molecular formula is C16H23N3O2. The summed E-state index contributed by atoms with van der Waals surface area (Å²) < 4.78 is 5.08. The van der Waals surface area contributed by atoms with Crippen LogP contribution in [0.25, 0.3) is 10.9 Å². The molecular weight excluding hydrogens is 266 g/mol. The highest BCUT2D eigenvalue weighted by Gasteiger charge is 2.18. The zero-order valence-corrected chi connectivity index (χ0v) is 12.6. The maximum absolute atomic E-state index is 12.1. The predicted molar refractivity (Wildman–Crippen MR) is 84.1 cm³/mol. The van der Waals surface area contributed by atoms with Crippen LogP contribution in [0.1, 0.15) is 18.9 Å². The average molecular weight is 289 g/mol. The maximum Gasteiger partial charge on any atom is 0.237 e. The SMILES string of the molecule is CCC(COC)NC(=O)[C@H](N)Cc1c[nH]c2ccccc12. The molecule has 0 aliphatic rings. The van der Waals surface area contributed by atoms with Gasteiger partial charge in [0.25, 0.3) is 0 Å². The van der Waals surface area contributed by atoms with Gasteiger partial charge in [-0.25, -0.2) is 0 Å². The second kappa shape index (κ2) is 7.24. The Labute approximate surface area is 124 Å². The van der Waals surface area contributed by atoms with Gasteiger partial charge in [0.15, 0.2) is 0 Å². The molecule has 1 amide bonds. The normalized spacial score (nSPS) is 14.0. The number of fused-ring (bicyclic) bond motifs is 1. The van der Waals surface area contributed by atoms with Gasteiger partial charge in [-0.2, -0.15) is 0 Å². The molecule has 1 unspecified atom stereocenters. The van der Waals surface area contributed by atoms with Crippen LogP contribution in [0.4, 0.5) is 0 Å². The molecule has 114 valence electrons. The summed E-state index contributed by atoms with van der Waals surface area (Å²) in [6, 6.07) is 7.46. The number of carbonyl (C=O) groups excluding carboxylic acids is 1. The lowest BCUT2D eigenvalue weighted by atomic mass is 10.0. The topological polar surface area (TPSA) is 80.1 Å². The van der Waals surface area contributed by atoms with Crippen LogP contribution in [-0.4, -0.2) is 36.7 Å². The minimum Gasteiger partial charge on any atom is -0.383 e. The van der Waals surface area contributed by atoms with E-state index in [1.807, 2.05) is 37.4 Å². The van der Waals surface area contributed by atoms with Crippen molar-refractivity contribution >= 4 is 16.8 Å². The van der Waals surface area contributed by atoms with Gasteiger partial charge in [0.05, 0.1) is 18.7 Å². The van der Waals surface area contributed by atoms with Crippen LogP contribution < -0.4 is 11.1 Å². The van der Waals surface area contributed by atoms with Gasteiger partial charge in [-0.1, -0.05) is 25.1 Å². The van der Waals surface area contributed by atoms with Gasteiger partial charge in [0, 0.05) is 24.2 Å². The minimum absolute atomic E-state index is 0.0107. The highest BCUT2D eigenvalue weighted by atomic mass is 16.5. The van der Waals surface area contributed by atoms with Crippen LogP contribution in [0.3, 0.4) is 0 Å². The highest BCUT2D eigenvalue weighted by Crippen LogP contribution is 2.18. The van der Waals surface area contributed by atoms with E-state index in [2.05, 4.69) is 10.3 Å². The molecule has 2 rings (SSSR count). The first-order valence-electron chi connectivity index (χ1n) is 7.25. The number of aromatic amines is 1. The summed E-state index contributed by atoms with van der Waals surface area (Å²) in [6.45, 7) is 2.51.